The third-order valence-electron chi connectivity index (χ3n) is 6.49. The van der Waals surface area contributed by atoms with Gasteiger partial charge in [-0.25, -0.2) is 0 Å². The number of hydrogen-bond donors (Lipinski definition) is 2. The minimum atomic E-state index is -0.834. The number of rotatable bonds is 12. The fourth-order valence-corrected chi connectivity index (χ4v) is 4.33. The summed E-state index contributed by atoms with van der Waals surface area (Å²) in [6.45, 7) is 9.19. The number of ether oxygens (including phenoxy) is 2. The fourth-order valence-electron chi connectivity index (χ4n) is 4.33. The lowest BCUT2D eigenvalue weighted by Crippen LogP contribution is -2.38. The first-order chi connectivity index (χ1) is 17.4. The maximum Gasteiger partial charge on any atom is 0.295 e. The molecule has 2 aromatic rings. The van der Waals surface area contributed by atoms with Crippen molar-refractivity contribution < 1.29 is 29.3 Å². The number of aliphatic hydroxyl groups is 1. The van der Waals surface area contributed by atoms with Crippen LogP contribution in [0.5, 0.6) is 17.2 Å². The highest BCUT2D eigenvalue weighted by molar-refractivity contribution is 6.46. The van der Waals surface area contributed by atoms with Crippen LogP contribution in [0.1, 0.15) is 50.8 Å². The standard InChI is InChI=1S/C28H36N2O6/c1-5-8-16-36-21-11-9-10-20(17-21)26(32)24-25(19-12-13-22(31)23(18-19)35-4)30(28(34)27(24)33)15-14-29(6-2)7-3/h9-13,17-18,25,31-32H,5-8,14-16H2,1-4H3/b26-24+. The average molecular weight is 497 g/mol. The molecular weight excluding hydrogens is 460 g/mol. The Morgan fingerprint density at radius 3 is 2.50 bits per heavy atom. The smallest absolute Gasteiger partial charge is 0.295 e. The second-order valence-corrected chi connectivity index (χ2v) is 8.68. The van der Waals surface area contributed by atoms with Crippen LogP contribution in [-0.2, 0) is 9.59 Å². The molecule has 0 aliphatic carbocycles. The van der Waals surface area contributed by atoms with E-state index >= 15 is 0 Å². The molecule has 1 aliphatic heterocycles. The van der Waals surface area contributed by atoms with Crippen LogP contribution in [0.15, 0.2) is 48.0 Å². The number of phenolic OH excluding ortho intramolecular Hbond substituents is 1. The van der Waals surface area contributed by atoms with Crippen molar-refractivity contribution >= 4 is 17.4 Å². The van der Waals surface area contributed by atoms with Gasteiger partial charge in [0, 0.05) is 18.7 Å². The van der Waals surface area contributed by atoms with Crippen molar-refractivity contribution in [3.05, 3.63) is 59.2 Å². The van der Waals surface area contributed by atoms with E-state index in [4.69, 9.17) is 9.47 Å². The molecule has 8 heteroatoms. The third kappa shape index (κ3) is 5.82. The molecule has 1 heterocycles. The molecule has 0 spiro atoms. The summed E-state index contributed by atoms with van der Waals surface area (Å²) < 4.78 is 11.0. The van der Waals surface area contributed by atoms with Gasteiger partial charge in [0.2, 0.25) is 0 Å². The maximum atomic E-state index is 13.3. The summed E-state index contributed by atoms with van der Waals surface area (Å²) in [4.78, 5) is 30.1. The quantitative estimate of drug-likeness (QED) is 0.195. The highest BCUT2D eigenvalue weighted by Gasteiger charge is 2.46. The van der Waals surface area contributed by atoms with E-state index in [-0.39, 0.29) is 22.8 Å². The number of benzene rings is 2. The van der Waals surface area contributed by atoms with E-state index in [1.54, 1.807) is 36.4 Å². The second-order valence-electron chi connectivity index (χ2n) is 8.68. The SMILES string of the molecule is CCCCOc1cccc(/C(O)=C2\C(=O)C(=O)N(CCN(CC)CC)C2c2ccc(O)c(OC)c2)c1. The van der Waals surface area contributed by atoms with Crippen LogP contribution >= 0.6 is 0 Å². The molecule has 2 N–H and O–H groups in total. The second kappa shape index (κ2) is 12.4. The predicted octanol–water partition coefficient (Wildman–Crippen LogP) is 4.34. The Kier molecular flexibility index (Phi) is 9.36. The van der Waals surface area contributed by atoms with Gasteiger partial charge in [-0.15, -0.1) is 0 Å². The number of Topliss-reactive ketones (excluding diaryl/α,β-unsaturated/α-hetero) is 1. The summed E-state index contributed by atoms with van der Waals surface area (Å²) in [6, 6.07) is 10.7. The lowest BCUT2D eigenvalue weighted by atomic mass is 9.95. The number of carbonyl (C=O) groups is 2. The third-order valence-corrected chi connectivity index (χ3v) is 6.49. The van der Waals surface area contributed by atoms with Crippen molar-refractivity contribution in [2.24, 2.45) is 0 Å². The monoisotopic (exact) mass is 496 g/mol. The normalized spacial score (nSPS) is 17.1. The van der Waals surface area contributed by atoms with E-state index in [1.165, 1.54) is 18.1 Å². The van der Waals surface area contributed by atoms with Gasteiger partial charge in [0.1, 0.15) is 11.5 Å². The molecule has 0 radical (unpaired) electrons. The van der Waals surface area contributed by atoms with Crippen molar-refractivity contribution in [2.75, 3.05) is 39.9 Å². The molecule has 3 rings (SSSR count). The molecule has 0 bridgehead atoms. The number of likely N-dealkylation sites (tertiary alicyclic amines) is 1. The van der Waals surface area contributed by atoms with Crippen LogP contribution in [0.25, 0.3) is 5.76 Å². The number of carbonyl (C=O) groups excluding carboxylic acids is 2. The lowest BCUT2D eigenvalue weighted by Gasteiger charge is -2.28. The zero-order valence-electron chi connectivity index (χ0n) is 21.5. The van der Waals surface area contributed by atoms with Crippen LogP contribution < -0.4 is 9.47 Å². The molecule has 1 atom stereocenters. The van der Waals surface area contributed by atoms with Crippen LogP contribution in [0.2, 0.25) is 0 Å². The van der Waals surface area contributed by atoms with E-state index in [9.17, 15) is 19.8 Å². The van der Waals surface area contributed by atoms with Gasteiger partial charge in [-0.05, 0) is 49.3 Å². The maximum absolute atomic E-state index is 13.3. The minimum absolute atomic E-state index is 0.00185. The number of nitrogens with zero attached hydrogens (tertiary/aromatic N) is 2. The van der Waals surface area contributed by atoms with Gasteiger partial charge in [0.05, 0.1) is 25.3 Å². The molecule has 1 aliphatic rings. The highest BCUT2D eigenvalue weighted by atomic mass is 16.5. The highest BCUT2D eigenvalue weighted by Crippen LogP contribution is 2.41. The number of ketones is 1. The summed E-state index contributed by atoms with van der Waals surface area (Å²) in [5, 5.41) is 21.4. The summed E-state index contributed by atoms with van der Waals surface area (Å²) in [5.74, 6) is -0.952. The van der Waals surface area contributed by atoms with E-state index in [1.807, 2.05) is 13.8 Å². The molecule has 1 saturated heterocycles. The van der Waals surface area contributed by atoms with Crippen LogP contribution in [-0.4, -0.2) is 71.6 Å². The molecule has 2 aromatic carbocycles. The van der Waals surface area contributed by atoms with E-state index in [2.05, 4.69) is 11.8 Å². The zero-order chi connectivity index (χ0) is 26.2. The predicted molar refractivity (Wildman–Crippen MR) is 138 cm³/mol. The Balaban J connectivity index is 2.09. The van der Waals surface area contributed by atoms with Crippen LogP contribution in [0.4, 0.5) is 0 Å². The Labute approximate surface area is 212 Å². The average Bonchev–Trinajstić information content (AvgIpc) is 3.14. The first-order valence-electron chi connectivity index (χ1n) is 12.5. The molecular formula is C28H36N2O6. The molecule has 0 aromatic heterocycles. The Morgan fingerprint density at radius 2 is 1.83 bits per heavy atom. The number of amides is 1. The molecule has 8 nitrogen and oxygen atoms in total. The lowest BCUT2D eigenvalue weighted by molar-refractivity contribution is -0.140. The largest absolute Gasteiger partial charge is 0.507 e. The molecule has 36 heavy (non-hydrogen) atoms. The van der Waals surface area contributed by atoms with Gasteiger partial charge in [0.25, 0.3) is 11.7 Å². The van der Waals surface area contributed by atoms with Crippen LogP contribution in [0, 0.1) is 0 Å². The van der Waals surface area contributed by atoms with Gasteiger partial charge in [-0.2, -0.15) is 0 Å². The number of methoxy groups -OCH3 is 1. The minimum Gasteiger partial charge on any atom is -0.507 e. The molecule has 1 unspecified atom stereocenters. The number of hydrogen-bond acceptors (Lipinski definition) is 7. The topological polar surface area (TPSA) is 99.5 Å². The number of phenols is 1. The Bertz CT molecular complexity index is 1110. The summed E-state index contributed by atoms with van der Waals surface area (Å²) in [7, 11) is 1.43. The Hall–Kier alpha value is -3.52. The first kappa shape index (κ1) is 27.1. The molecule has 194 valence electrons. The van der Waals surface area contributed by atoms with Gasteiger partial charge in [-0.3, -0.25) is 9.59 Å². The molecule has 1 amide bonds. The molecule has 1 fully saturated rings. The van der Waals surface area contributed by atoms with Gasteiger partial charge in [-0.1, -0.05) is 45.4 Å². The zero-order valence-corrected chi connectivity index (χ0v) is 21.5. The van der Waals surface area contributed by atoms with Crippen molar-refractivity contribution in [2.45, 2.75) is 39.7 Å². The fraction of sp³-hybridized carbons (Fsp3) is 0.429. The number of aromatic hydroxyl groups is 1. The first-order valence-corrected chi connectivity index (χ1v) is 12.5. The number of likely N-dealkylation sites (N-methyl/N-ethyl adjacent to an activating group) is 1. The van der Waals surface area contributed by atoms with E-state index < -0.39 is 17.7 Å². The van der Waals surface area contributed by atoms with E-state index in [0.717, 1.165) is 25.9 Å². The number of aliphatic hydroxyl groups excluding tert-OH is 1. The van der Waals surface area contributed by atoms with Crippen molar-refractivity contribution in [1.29, 1.82) is 0 Å². The summed E-state index contributed by atoms with van der Waals surface area (Å²) in [6.07, 6.45) is 1.89. The molecule has 0 saturated carbocycles. The van der Waals surface area contributed by atoms with E-state index in [0.29, 0.717) is 36.6 Å². The van der Waals surface area contributed by atoms with Crippen LogP contribution in [0.3, 0.4) is 0 Å². The van der Waals surface area contributed by atoms with Crippen molar-refractivity contribution in [1.82, 2.24) is 9.80 Å². The van der Waals surface area contributed by atoms with Gasteiger partial charge >= 0.3 is 0 Å². The number of unbranched alkanes of at least 4 members (excludes halogenated alkanes) is 1. The van der Waals surface area contributed by atoms with Gasteiger partial charge in [0.15, 0.2) is 11.5 Å². The van der Waals surface area contributed by atoms with Gasteiger partial charge < -0.3 is 29.5 Å². The Morgan fingerprint density at radius 1 is 1.08 bits per heavy atom. The summed E-state index contributed by atoms with van der Waals surface area (Å²) >= 11 is 0. The summed E-state index contributed by atoms with van der Waals surface area (Å²) in [5.41, 5.74) is 0.944. The van der Waals surface area contributed by atoms with Crippen molar-refractivity contribution in [3.63, 3.8) is 0 Å². The van der Waals surface area contributed by atoms with Crippen molar-refractivity contribution in [3.8, 4) is 17.2 Å².